The molecule has 116 valence electrons. The maximum Gasteiger partial charge on any atom is 0.353 e. The first kappa shape index (κ1) is 16.0. The molecular weight excluding hydrogens is 306 g/mol. The van der Waals surface area contributed by atoms with Gasteiger partial charge in [0.1, 0.15) is 6.33 Å². The van der Waals surface area contributed by atoms with Crippen molar-refractivity contribution in [2.75, 3.05) is 10.6 Å². The van der Waals surface area contributed by atoms with Gasteiger partial charge in [-0.3, -0.25) is 10.1 Å². The fourth-order valence-electron chi connectivity index (χ4n) is 1.89. The third-order valence-electron chi connectivity index (χ3n) is 2.95. The van der Waals surface area contributed by atoms with Crippen LogP contribution < -0.4 is 10.6 Å². The molecule has 0 fully saturated rings. The topological polar surface area (TPSA) is 93.0 Å². The van der Waals surface area contributed by atoms with Crippen LogP contribution in [0.5, 0.6) is 0 Å². The van der Waals surface area contributed by atoms with Crippen LogP contribution in [0.3, 0.4) is 0 Å². The van der Waals surface area contributed by atoms with Crippen molar-refractivity contribution in [3.8, 4) is 0 Å². The van der Waals surface area contributed by atoms with Crippen molar-refractivity contribution in [1.82, 2.24) is 9.97 Å². The second kappa shape index (κ2) is 6.57. The van der Waals surface area contributed by atoms with Gasteiger partial charge < -0.3 is 10.6 Å². The molecule has 0 spiro atoms. The number of hydrogen-bond donors (Lipinski definition) is 2. The maximum absolute atomic E-state index is 11.4. The second-order valence-corrected chi connectivity index (χ2v) is 5.42. The van der Waals surface area contributed by atoms with Gasteiger partial charge >= 0.3 is 5.69 Å². The van der Waals surface area contributed by atoms with Crippen molar-refractivity contribution < 1.29 is 4.92 Å². The van der Waals surface area contributed by atoms with E-state index in [4.69, 9.17) is 11.6 Å². The Morgan fingerprint density at radius 3 is 2.59 bits per heavy atom. The number of rotatable bonds is 5. The highest BCUT2D eigenvalue weighted by Gasteiger charge is 2.23. The lowest BCUT2D eigenvalue weighted by Crippen LogP contribution is -2.14. The summed E-state index contributed by atoms with van der Waals surface area (Å²) in [6, 6.07) is 5.30. The van der Waals surface area contributed by atoms with E-state index in [1.165, 1.54) is 6.33 Å². The van der Waals surface area contributed by atoms with E-state index in [2.05, 4.69) is 20.6 Å². The molecule has 0 bridgehead atoms. The summed E-state index contributed by atoms with van der Waals surface area (Å²) in [5, 5.41) is 17.9. The Labute approximate surface area is 132 Å². The predicted molar refractivity (Wildman–Crippen MR) is 86.9 cm³/mol. The van der Waals surface area contributed by atoms with Gasteiger partial charge in [-0.15, -0.1) is 0 Å². The minimum Gasteiger partial charge on any atom is -0.362 e. The molecule has 1 heterocycles. The van der Waals surface area contributed by atoms with Gasteiger partial charge in [0.15, 0.2) is 0 Å². The summed E-state index contributed by atoms with van der Waals surface area (Å²) in [6.07, 6.45) is 1.28. The van der Waals surface area contributed by atoms with Gasteiger partial charge in [-0.2, -0.15) is 0 Å². The number of nitrogens with zero attached hydrogens (tertiary/aromatic N) is 3. The minimum atomic E-state index is -0.507. The van der Waals surface area contributed by atoms with E-state index in [-0.39, 0.29) is 23.4 Å². The fourth-order valence-corrected chi connectivity index (χ4v) is 2.07. The van der Waals surface area contributed by atoms with Crippen LogP contribution in [0.1, 0.15) is 19.4 Å². The van der Waals surface area contributed by atoms with E-state index in [1.807, 2.05) is 20.8 Å². The molecule has 2 rings (SSSR count). The van der Waals surface area contributed by atoms with E-state index in [1.54, 1.807) is 18.2 Å². The molecule has 2 N–H and O–H groups in total. The van der Waals surface area contributed by atoms with Gasteiger partial charge in [0, 0.05) is 16.8 Å². The van der Waals surface area contributed by atoms with Crippen LogP contribution in [0.15, 0.2) is 24.5 Å². The van der Waals surface area contributed by atoms with Crippen LogP contribution in [0.4, 0.5) is 23.0 Å². The Balaban J connectivity index is 2.46. The van der Waals surface area contributed by atoms with E-state index >= 15 is 0 Å². The molecule has 22 heavy (non-hydrogen) atoms. The van der Waals surface area contributed by atoms with Crippen molar-refractivity contribution in [2.45, 2.75) is 26.8 Å². The summed E-state index contributed by atoms with van der Waals surface area (Å²) in [7, 11) is 0. The zero-order valence-corrected chi connectivity index (χ0v) is 13.2. The fraction of sp³-hybridized carbons (Fsp3) is 0.286. The van der Waals surface area contributed by atoms with Gasteiger partial charge in [-0.1, -0.05) is 17.7 Å². The van der Waals surface area contributed by atoms with Crippen molar-refractivity contribution in [2.24, 2.45) is 0 Å². The number of nitro groups is 1. The third kappa shape index (κ3) is 3.43. The van der Waals surface area contributed by atoms with Gasteiger partial charge in [-0.25, -0.2) is 9.97 Å². The molecule has 2 aromatic rings. The second-order valence-electron chi connectivity index (χ2n) is 5.01. The molecule has 0 unspecified atom stereocenters. The highest BCUT2D eigenvalue weighted by molar-refractivity contribution is 6.31. The normalized spacial score (nSPS) is 10.6. The molecular formula is C14H16ClN5O2. The zero-order valence-electron chi connectivity index (χ0n) is 12.4. The SMILES string of the molecule is Cc1c(Cl)cccc1Nc1ncnc(NC(C)C)c1[N+](=O)[O-]. The Morgan fingerprint density at radius 2 is 1.95 bits per heavy atom. The Morgan fingerprint density at radius 1 is 1.27 bits per heavy atom. The molecule has 8 heteroatoms. The highest BCUT2D eigenvalue weighted by atomic mass is 35.5. The van der Waals surface area contributed by atoms with E-state index in [9.17, 15) is 10.1 Å². The molecule has 1 aromatic heterocycles. The quantitative estimate of drug-likeness (QED) is 0.640. The maximum atomic E-state index is 11.4. The van der Waals surface area contributed by atoms with Crippen molar-refractivity contribution in [3.63, 3.8) is 0 Å². The predicted octanol–water partition coefficient (Wildman–Crippen LogP) is 3.91. The summed E-state index contributed by atoms with van der Waals surface area (Å²) in [6.45, 7) is 5.57. The number of hydrogen-bond acceptors (Lipinski definition) is 6. The van der Waals surface area contributed by atoms with Crippen LogP contribution in [0.2, 0.25) is 5.02 Å². The lowest BCUT2D eigenvalue weighted by molar-refractivity contribution is -0.383. The average molecular weight is 322 g/mol. The summed E-state index contributed by atoms with van der Waals surface area (Å²) in [5.74, 6) is 0.297. The van der Waals surface area contributed by atoms with Crippen LogP contribution in [0, 0.1) is 17.0 Å². The number of nitrogens with one attached hydrogen (secondary N) is 2. The van der Waals surface area contributed by atoms with Crippen LogP contribution in [-0.4, -0.2) is 20.9 Å². The first-order valence-corrected chi connectivity index (χ1v) is 7.06. The van der Waals surface area contributed by atoms with Crippen molar-refractivity contribution in [3.05, 3.63) is 45.2 Å². The van der Waals surface area contributed by atoms with Crippen molar-refractivity contribution >= 4 is 34.6 Å². The Kier molecular flexibility index (Phi) is 4.77. The summed E-state index contributed by atoms with van der Waals surface area (Å²) >= 11 is 6.06. The summed E-state index contributed by atoms with van der Waals surface area (Å²) in [5.41, 5.74) is 1.25. The summed E-state index contributed by atoms with van der Waals surface area (Å²) in [4.78, 5) is 18.8. The lowest BCUT2D eigenvalue weighted by Gasteiger charge is -2.13. The van der Waals surface area contributed by atoms with Crippen LogP contribution in [0.25, 0.3) is 0 Å². The molecule has 0 amide bonds. The van der Waals surface area contributed by atoms with Crippen LogP contribution >= 0.6 is 11.6 Å². The molecule has 0 aliphatic heterocycles. The van der Waals surface area contributed by atoms with Gasteiger partial charge in [0.2, 0.25) is 11.6 Å². The number of halogens is 1. The first-order chi connectivity index (χ1) is 10.4. The Bertz CT molecular complexity index is 706. The van der Waals surface area contributed by atoms with Gasteiger partial charge in [-0.05, 0) is 38.5 Å². The third-order valence-corrected chi connectivity index (χ3v) is 3.36. The van der Waals surface area contributed by atoms with E-state index in [0.717, 1.165) is 5.56 Å². The number of benzene rings is 1. The molecule has 0 saturated heterocycles. The van der Waals surface area contributed by atoms with Gasteiger partial charge in [0.25, 0.3) is 0 Å². The van der Waals surface area contributed by atoms with E-state index < -0.39 is 4.92 Å². The number of anilines is 3. The largest absolute Gasteiger partial charge is 0.362 e. The minimum absolute atomic E-state index is 0.00866. The Hall–Kier alpha value is -2.41. The molecule has 7 nitrogen and oxygen atoms in total. The van der Waals surface area contributed by atoms with Gasteiger partial charge in [0.05, 0.1) is 4.92 Å². The average Bonchev–Trinajstić information content (AvgIpc) is 2.43. The first-order valence-electron chi connectivity index (χ1n) is 6.68. The zero-order chi connectivity index (χ0) is 16.3. The number of aromatic nitrogens is 2. The van der Waals surface area contributed by atoms with Crippen LogP contribution in [-0.2, 0) is 0 Å². The molecule has 0 saturated carbocycles. The monoisotopic (exact) mass is 321 g/mol. The molecule has 0 aliphatic carbocycles. The molecule has 0 radical (unpaired) electrons. The summed E-state index contributed by atoms with van der Waals surface area (Å²) < 4.78 is 0. The molecule has 0 aliphatic rings. The van der Waals surface area contributed by atoms with Crippen molar-refractivity contribution in [1.29, 1.82) is 0 Å². The molecule has 0 atom stereocenters. The lowest BCUT2D eigenvalue weighted by atomic mass is 10.2. The molecule has 1 aromatic carbocycles. The van der Waals surface area contributed by atoms with E-state index in [0.29, 0.717) is 10.7 Å². The standard InChI is InChI=1S/C14H16ClN5O2/c1-8(2)18-13-12(20(21)22)14(17-7-16-13)19-11-6-4-5-10(15)9(11)3/h4-8H,1-3H3,(H2,16,17,18,19). The highest BCUT2D eigenvalue weighted by Crippen LogP contribution is 2.33. The smallest absolute Gasteiger partial charge is 0.353 e.